The molecule has 1 fully saturated rings. The lowest BCUT2D eigenvalue weighted by Crippen LogP contribution is -2.49. The number of hydrogen-bond donors (Lipinski definition) is 3. The molecule has 8 heteroatoms. The van der Waals surface area contributed by atoms with Crippen LogP contribution in [0.2, 0.25) is 0 Å². The molecule has 2 unspecified atom stereocenters. The lowest BCUT2D eigenvalue weighted by molar-refractivity contribution is -0.129. The molecule has 0 radical (unpaired) electrons. The Balaban J connectivity index is 1.47. The lowest BCUT2D eigenvalue weighted by Gasteiger charge is -2.17. The van der Waals surface area contributed by atoms with E-state index < -0.39 is 24.2 Å². The summed E-state index contributed by atoms with van der Waals surface area (Å²) in [5.74, 6) is -1.13. The molecule has 152 valence electrons. The molecule has 2 heterocycles. The molecular weight excluding hydrogens is 372 g/mol. The largest absolute Gasteiger partial charge is 0.357 e. The average molecular weight is 396 g/mol. The normalized spacial score (nSPS) is 18.4. The third kappa shape index (κ3) is 5.86. The number of nitrogens with one attached hydrogen (secondary N) is 3. The molecule has 0 spiro atoms. The number of amides is 3. The van der Waals surface area contributed by atoms with Crippen molar-refractivity contribution in [3.8, 4) is 0 Å². The molecule has 0 bridgehead atoms. The van der Waals surface area contributed by atoms with E-state index in [0.717, 1.165) is 11.3 Å². The molecule has 1 saturated heterocycles. The van der Waals surface area contributed by atoms with Crippen LogP contribution in [0.3, 0.4) is 0 Å². The van der Waals surface area contributed by atoms with Gasteiger partial charge in [-0.3, -0.25) is 19.4 Å². The Labute approximate surface area is 169 Å². The molecule has 0 saturated carbocycles. The Morgan fingerprint density at radius 1 is 1.03 bits per heavy atom. The highest BCUT2D eigenvalue weighted by molar-refractivity contribution is 5.97. The quantitative estimate of drug-likeness (QED) is 0.516. The molecule has 3 atom stereocenters. The number of nitrogens with zero attached hydrogens (tertiary/aromatic N) is 1. The van der Waals surface area contributed by atoms with Gasteiger partial charge in [0.15, 0.2) is 12.2 Å². The third-order valence-electron chi connectivity index (χ3n) is 4.58. The zero-order chi connectivity index (χ0) is 20.6. The molecule has 1 aromatic carbocycles. The van der Waals surface area contributed by atoms with E-state index in [1.165, 1.54) is 7.05 Å². The number of likely N-dealkylation sites (N-methyl/N-ethyl adjacent to an activating group) is 1. The number of rotatable bonds is 9. The molecule has 3 rings (SSSR count). The van der Waals surface area contributed by atoms with Gasteiger partial charge in [0.1, 0.15) is 6.04 Å². The Hall–Kier alpha value is -3.26. The van der Waals surface area contributed by atoms with Gasteiger partial charge in [-0.25, -0.2) is 0 Å². The zero-order valence-electron chi connectivity index (χ0n) is 16.1. The number of aromatic nitrogens is 1. The van der Waals surface area contributed by atoms with Crippen molar-refractivity contribution < 1.29 is 19.1 Å². The minimum atomic E-state index is -0.882. The van der Waals surface area contributed by atoms with Crippen LogP contribution < -0.4 is 16.0 Å². The summed E-state index contributed by atoms with van der Waals surface area (Å²) < 4.78 is 5.24. The number of ether oxygens (including phenoxy) is 1. The maximum Gasteiger partial charge on any atom is 0.253 e. The van der Waals surface area contributed by atoms with Gasteiger partial charge in [-0.2, -0.15) is 0 Å². The fourth-order valence-corrected chi connectivity index (χ4v) is 2.96. The summed E-state index contributed by atoms with van der Waals surface area (Å²) >= 11 is 0. The molecule has 8 nitrogen and oxygen atoms in total. The first-order valence-electron chi connectivity index (χ1n) is 9.47. The van der Waals surface area contributed by atoms with Crippen LogP contribution >= 0.6 is 0 Å². The first kappa shape index (κ1) is 20.5. The summed E-state index contributed by atoms with van der Waals surface area (Å²) in [5.41, 5.74) is 1.79. The first-order chi connectivity index (χ1) is 14.1. The second-order valence-electron chi connectivity index (χ2n) is 6.70. The van der Waals surface area contributed by atoms with Crippen LogP contribution in [0, 0.1) is 0 Å². The highest BCUT2D eigenvalue weighted by Gasteiger charge is 2.50. The standard InChI is InChI=1S/C21H24N4O4/c1-22-19(26)16(13-14-7-3-2-4-8-14)25-21(28)18-17(29-18)20(27)24-12-10-15-9-5-6-11-23-15/h2-9,11,16-18H,10,12-13H2,1H3,(H,22,26)(H,24,27)(H,25,28)/t16-,17?,18?/m0/s1. The fraction of sp³-hybridized carbons (Fsp3) is 0.333. The van der Waals surface area contributed by atoms with E-state index in [-0.39, 0.29) is 11.8 Å². The Morgan fingerprint density at radius 3 is 2.45 bits per heavy atom. The predicted octanol–water partition coefficient (Wildman–Crippen LogP) is -0.0188. The summed E-state index contributed by atoms with van der Waals surface area (Å²) in [6, 6.07) is 14.2. The molecule has 1 aliphatic rings. The summed E-state index contributed by atoms with van der Waals surface area (Å²) in [4.78, 5) is 40.9. The minimum absolute atomic E-state index is 0.306. The Morgan fingerprint density at radius 2 is 1.76 bits per heavy atom. The van der Waals surface area contributed by atoms with Crippen LogP contribution in [-0.2, 0) is 32.0 Å². The van der Waals surface area contributed by atoms with Crippen LogP contribution in [0.25, 0.3) is 0 Å². The van der Waals surface area contributed by atoms with Gasteiger partial charge in [0.05, 0.1) is 0 Å². The van der Waals surface area contributed by atoms with Gasteiger partial charge < -0.3 is 20.7 Å². The molecule has 1 aromatic heterocycles. The van der Waals surface area contributed by atoms with E-state index in [1.54, 1.807) is 6.20 Å². The second-order valence-corrected chi connectivity index (χ2v) is 6.70. The van der Waals surface area contributed by atoms with Gasteiger partial charge >= 0.3 is 0 Å². The molecule has 3 amide bonds. The van der Waals surface area contributed by atoms with E-state index in [2.05, 4.69) is 20.9 Å². The van der Waals surface area contributed by atoms with Gasteiger partial charge in [0.25, 0.3) is 11.8 Å². The van der Waals surface area contributed by atoms with Gasteiger partial charge in [0.2, 0.25) is 5.91 Å². The molecule has 3 N–H and O–H groups in total. The summed E-state index contributed by atoms with van der Waals surface area (Å²) in [7, 11) is 1.51. The van der Waals surface area contributed by atoms with Crippen LogP contribution in [0.15, 0.2) is 54.7 Å². The van der Waals surface area contributed by atoms with E-state index in [9.17, 15) is 14.4 Å². The number of epoxide rings is 1. The summed E-state index contributed by atoms with van der Waals surface area (Å²) in [6.07, 6.45) is 0.916. The molecule has 1 aliphatic heterocycles. The Kier molecular flexibility index (Phi) is 6.91. The fourth-order valence-electron chi connectivity index (χ4n) is 2.96. The smallest absolute Gasteiger partial charge is 0.253 e. The molecule has 0 aliphatic carbocycles. The van der Waals surface area contributed by atoms with Crippen molar-refractivity contribution in [3.05, 3.63) is 66.0 Å². The monoisotopic (exact) mass is 396 g/mol. The van der Waals surface area contributed by atoms with E-state index in [0.29, 0.717) is 19.4 Å². The van der Waals surface area contributed by atoms with Gasteiger partial charge in [-0.05, 0) is 17.7 Å². The number of carbonyl (C=O) groups is 3. The third-order valence-corrected chi connectivity index (χ3v) is 4.58. The van der Waals surface area contributed by atoms with E-state index >= 15 is 0 Å². The maximum atomic E-state index is 12.4. The van der Waals surface area contributed by atoms with Crippen LogP contribution in [0.4, 0.5) is 0 Å². The van der Waals surface area contributed by atoms with Crippen molar-refractivity contribution in [2.75, 3.05) is 13.6 Å². The van der Waals surface area contributed by atoms with Crippen molar-refractivity contribution in [1.82, 2.24) is 20.9 Å². The highest BCUT2D eigenvalue weighted by atomic mass is 16.6. The number of pyridine rings is 1. The number of carbonyl (C=O) groups excluding carboxylic acids is 3. The van der Waals surface area contributed by atoms with Crippen LogP contribution in [0.1, 0.15) is 11.3 Å². The SMILES string of the molecule is CNC(=O)[C@H](Cc1ccccc1)NC(=O)C1OC1C(=O)NCCc1ccccn1. The van der Waals surface area contributed by atoms with Crippen molar-refractivity contribution in [2.24, 2.45) is 0 Å². The summed E-state index contributed by atoms with van der Waals surface area (Å²) in [5, 5.41) is 7.97. The molecule has 29 heavy (non-hydrogen) atoms. The number of benzene rings is 1. The van der Waals surface area contributed by atoms with Gasteiger partial charge in [0, 0.05) is 38.3 Å². The maximum absolute atomic E-state index is 12.4. The van der Waals surface area contributed by atoms with Crippen molar-refractivity contribution in [3.63, 3.8) is 0 Å². The zero-order valence-corrected chi connectivity index (χ0v) is 16.1. The second kappa shape index (κ2) is 9.79. The van der Waals surface area contributed by atoms with Gasteiger partial charge in [-0.15, -0.1) is 0 Å². The van der Waals surface area contributed by atoms with Crippen molar-refractivity contribution in [2.45, 2.75) is 31.1 Å². The topological polar surface area (TPSA) is 113 Å². The van der Waals surface area contributed by atoms with E-state index in [1.807, 2.05) is 48.5 Å². The predicted molar refractivity (Wildman–Crippen MR) is 106 cm³/mol. The first-order valence-corrected chi connectivity index (χ1v) is 9.47. The lowest BCUT2D eigenvalue weighted by atomic mass is 10.0. The van der Waals surface area contributed by atoms with Gasteiger partial charge in [-0.1, -0.05) is 36.4 Å². The van der Waals surface area contributed by atoms with E-state index in [4.69, 9.17) is 4.74 Å². The molecular formula is C21H24N4O4. The summed E-state index contributed by atoms with van der Waals surface area (Å²) in [6.45, 7) is 0.402. The molecule has 2 aromatic rings. The van der Waals surface area contributed by atoms with Crippen molar-refractivity contribution in [1.29, 1.82) is 0 Å². The van der Waals surface area contributed by atoms with Crippen LogP contribution in [-0.4, -0.2) is 54.5 Å². The minimum Gasteiger partial charge on any atom is -0.357 e. The number of hydrogen-bond acceptors (Lipinski definition) is 5. The highest BCUT2D eigenvalue weighted by Crippen LogP contribution is 2.22. The van der Waals surface area contributed by atoms with Crippen molar-refractivity contribution >= 4 is 17.7 Å². The average Bonchev–Trinajstić information content (AvgIpc) is 3.55. The van der Waals surface area contributed by atoms with Crippen LogP contribution in [0.5, 0.6) is 0 Å². The Bertz CT molecular complexity index is 844.